The predicted molar refractivity (Wildman–Crippen MR) is 89.5 cm³/mol. The van der Waals surface area contributed by atoms with Gasteiger partial charge >= 0.3 is 0 Å². The van der Waals surface area contributed by atoms with Crippen LogP contribution in [0.25, 0.3) is 0 Å². The van der Waals surface area contributed by atoms with E-state index in [1.165, 1.54) is 0 Å². The molecule has 1 rings (SSSR count). The number of ether oxygens (including phenoxy) is 1. The summed E-state index contributed by atoms with van der Waals surface area (Å²) in [6.45, 7) is 6.65. The molecule has 0 saturated heterocycles. The molecule has 0 aliphatic rings. The molecule has 21 heavy (non-hydrogen) atoms. The number of carbonyl (C=O) groups excluding carboxylic acids is 1. The van der Waals surface area contributed by atoms with Crippen molar-refractivity contribution in [2.24, 2.45) is 5.92 Å². The molecule has 120 valence electrons. The zero-order valence-electron chi connectivity index (χ0n) is 13.1. The third-order valence-corrected chi connectivity index (χ3v) is 2.97. The van der Waals surface area contributed by atoms with E-state index in [9.17, 15) is 4.79 Å². The number of hydrogen-bond acceptors (Lipinski definition) is 3. The van der Waals surface area contributed by atoms with Crippen LogP contribution in [0.4, 0.5) is 0 Å². The van der Waals surface area contributed by atoms with Crippen molar-refractivity contribution in [1.82, 2.24) is 10.6 Å². The Kier molecular flexibility index (Phi) is 10.7. The van der Waals surface area contributed by atoms with Crippen LogP contribution < -0.4 is 15.4 Å². The molecule has 1 amide bonds. The molecule has 5 heteroatoms. The Labute approximate surface area is 134 Å². The lowest BCUT2D eigenvalue weighted by molar-refractivity contribution is 0.0953. The van der Waals surface area contributed by atoms with Crippen molar-refractivity contribution in [3.8, 4) is 5.75 Å². The molecule has 0 aliphatic heterocycles. The van der Waals surface area contributed by atoms with Crippen LogP contribution in [0.5, 0.6) is 5.75 Å². The van der Waals surface area contributed by atoms with Gasteiger partial charge in [-0.15, -0.1) is 12.4 Å². The van der Waals surface area contributed by atoms with Crippen molar-refractivity contribution >= 4 is 18.3 Å². The van der Waals surface area contributed by atoms with Crippen molar-refractivity contribution in [3.63, 3.8) is 0 Å². The molecular weight excluding hydrogens is 288 g/mol. The molecule has 0 spiro atoms. The van der Waals surface area contributed by atoms with Gasteiger partial charge in [-0.05, 0) is 56.6 Å². The average molecular weight is 315 g/mol. The number of halogens is 1. The molecule has 0 heterocycles. The van der Waals surface area contributed by atoms with Crippen LogP contribution in [0.15, 0.2) is 24.3 Å². The Balaban J connectivity index is 0.00000400. The monoisotopic (exact) mass is 314 g/mol. The van der Waals surface area contributed by atoms with Crippen molar-refractivity contribution in [1.29, 1.82) is 0 Å². The Morgan fingerprint density at radius 2 is 1.86 bits per heavy atom. The molecule has 0 bridgehead atoms. The molecule has 0 atom stereocenters. The van der Waals surface area contributed by atoms with Crippen LogP contribution in [0.1, 0.15) is 37.0 Å². The fourth-order valence-corrected chi connectivity index (χ4v) is 1.68. The fourth-order valence-electron chi connectivity index (χ4n) is 1.68. The normalized spacial score (nSPS) is 10.1. The van der Waals surface area contributed by atoms with Gasteiger partial charge in [-0.1, -0.05) is 13.8 Å². The smallest absolute Gasteiger partial charge is 0.251 e. The van der Waals surface area contributed by atoms with Crippen LogP contribution >= 0.6 is 12.4 Å². The first-order chi connectivity index (χ1) is 9.63. The number of benzene rings is 1. The Bertz CT molecular complexity index is 394. The lowest BCUT2D eigenvalue weighted by Gasteiger charge is -2.09. The van der Waals surface area contributed by atoms with Gasteiger partial charge in [0.05, 0.1) is 6.61 Å². The van der Waals surface area contributed by atoms with Gasteiger partial charge in [0.25, 0.3) is 5.91 Å². The summed E-state index contributed by atoms with van der Waals surface area (Å²) in [7, 11) is 1.90. The van der Waals surface area contributed by atoms with E-state index in [2.05, 4.69) is 24.5 Å². The van der Waals surface area contributed by atoms with Gasteiger partial charge < -0.3 is 15.4 Å². The lowest BCUT2D eigenvalue weighted by Crippen LogP contribution is -2.26. The zero-order valence-corrected chi connectivity index (χ0v) is 14.0. The van der Waals surface area contributed by atoms with Gasteiger partial charge in [0.1, 0.15) is 5.75 Å². The summed E-state index contributed by atoms with van der Waals surface area (Å²) in [5, 5.41) is 5.94. The van der Waals surface area contributed by atoms with E-state index in [4.69, 9.17) is 4.74 Å². The standard InChI is InChI=1S/C16H26N2O2.ClH/c1-13(2)9-12-20-15-7-5-14(6-8-15)16(19)18-11-4-10-17-3;/h5-8,13,17H,4,9-12H2,1-3H3,(H,18,19);1H. The average Bonchev–Trinajstić information content (AvgIpc) is 2.44. The minimum absolute atomic E-state index is 0. The topological polar surface area (TPSA) is 50.4 Å². The van der Waals surface area contributed by atoms with Crippen LogP contribution in [-0.2, 0) is 0 Å². The van der Waals surface area contributed by atoms with E-state index in [1.54, 1.807) is 12.1 Å². The van der Waals surface area contributed by atoms with Crippen molar-refractivity contribution < 1.29 is 9.53 Å². The highest BCUT2D eigenvalue weighted by atomic mass is 35.5. The van der Waals surface area contributed by atoms with E-state index in [0.29, 0.717) is 24.6 Å². The molecule has 1 aromatic rings. The summed E-state index contributed by atoms with van der Waals surface area (Å²) in [6, 6.07) is 7.31. The largest absolute Gasteiger partial charge is 0.494 e. The number of hydrogen-bond donors (Lipinski definition) is 2. The van der Waals surface area contributed by atoms with Crippen molar-refractivity contribution in [2.75, 3.05) is 26.7 Å². The van der Waals surface area contributed by atoms with E-state index in [0.717, 1.165) is 25.1 Å². The van der Waals surface area contributed by atoms with Gasteiger partial charge in [-0.3, -0.25) is 4.79 Å². The minimum atomic E-state index is -0.0326. The van der Waals surface area contributed by atoms with Crippen LogP contribution in [-0.4, -0.2) is 32.7 Å². The van der Waals surface area contributed by atoms with E-state index in [-0.39, 0.29) is 18.3 Å². The van der Waals surface area contributed by atoms with E-state index >= 15 is 0 Å². The molecule has 0 radical (unpaired) electrons. The lowest BCUT2D eigenvalue weighted by atomic mass is 10.1. The zero-order chi connectivity index (χ0) is 14.8. The highest BCUT2D eigenvalue weighted by molar-refractivity contribution is 5.94. The first kappa shape index (κ1) is 19.7. The second-order valence-corrected chi connectivity index (χ2v) is 5.27. The molecule has 0 saturated carbocycles. The number of nitrogens with one attached hydrogen (secondary N) is 2. The maximum atomic E-state index is 11.9. The number of rotatable bonds is 9. The molecule has 0 aliphatic carbocycles. The van der Waals surface area contributed by atoms with E-state index < -0.39 is 0 Å². The maximum Gasteiger partial charge on any atom is 0.251 e. The number of amides is 1. The highest BCUT2D eigenvalue weighted by Crippen LogP contribution is 2.13. The summed E-state index contributed by atoms with van der Waals surface area (Å²) < 4.78 is 5.62. The van der Waals surface area contributed by atoms with Gasteiger partial charge in [-0.25, -0.2) is 0 Å². The molecule has 0 aromatic heterocycles. The Hall–Kier alpha value is -1.26. The van der Waals surface area contributed by atoms with Gasteiger partial charge in [0, 0.05) is 12.1 Å². The second kappa shape index (κ2) is 11.4. The molecule has 2 N–H and O–H groups in total. The quantitative estimate of drug-likeness (QED) is 0.689. The summed E-state index contributed by atoms with van der Waals surface area (Å²) in [5.74, 6) is 1.42. The third kappa shape index (κ3) is 8.58. The van der Waals surface area contributed by atoms with Crippen molar-refractivity contribution in [3.05, 3.63) is 29.8 Å². The minimum Gasteiger partial charge on any atom is -0.494 e. The van der Waals surface area contributed by atoms with Gasteiger partial charge in [-0.2, -0.15) is 0 Å². The van der Waals surface area contributed by atoms with E-state index in [1.807, 2.05) is 19.2 Å². The number of carbonyl (C=O) groups is 1. The Morgan fingerprint density at radius 1 is 1.19 bits per heavy atom. The van der Waals surface area contributed by atoms with Gasteiger partial charge in [0.15, 0.2) is 0 Å². The second-order valence-electron chi connectivity index (χ2n) is 5.27. The fraction of sp³-hybridized carbons (Fsp3) is 0.562. The first-order valence-corrected chi connectivity index (χ1v) is 7.29. The molecule has 0 unspecified atom stereocenters. The molecule has 4 nitrogen and oxygen atoms in total. The summed E-state index contributed by atoms with van der Waals surface area (Å²) in [4.78, 5) is 11.9. The summed E-state index contributed by atoms with van der Waals surface area (Å²) in [6.07, 6.45) is 1.96. The highest BCUT2D eigenvalue weighted by Gasteiger charge is 2.04. The van der Waals surface area contributed by atoms with Crippen LogP contribution in [0.2, 0.25) is 0 Å². The third-order valence-electron chi connectivity index (χ3n) is 2.97. The molecular formula is C16H27ClN2O2. The first-order valence-electron chi connectivity index (χ1n) is 7.29. The summed E-state index contributed by atoms with van der Waals surface area (Å²) in [5.41, 5.74) is 0.672. The SMILES string of the molecule is CNCCCNC(=O)c1ccc(OCCC(C)C)cc1.Cl. The maximum absolute atomic E-state index is 11.9. The molecule has 1 aromatic carbocycles. The predicted octanol–water partition coefficient (Wildman–Crippen LogP) is 2.87. The van der Waals surface area contributed by atoms with Gasteiger partial charge in [0.2, 0.25) is 0 Å². The van der Waals surface area contributed by atoms with Crippen LogP contribution in [0.3, 0.4) is 0 Å². The van der Waals surface area contributed by atoms with Crippen LogP contribution in [0, 0.1) is 5.92 Å². The Morgan fingerprint density at radius 3 is 2.43 bits per heavy atom. The van der Waals surface area contributed by atoms with Crippen molar-refractivity contribution in [2.45, 2.75) is 26.7 Å². The summed E-state index contributed by atoms with van der Waals surface area (Å²) >= 11 is 0. The molecule has 0 fully saturated rings.